The number of aromatic nitrogens is 3. The Morgan fingerprint density at radius 1 is 0.690 bits per heavy atom. The Kier molecular flexibility index (Phi) is 4.51. The fourth-order valence-corrected chi connectivity index (χ4v) is 4.23. The fraction of sp³-hybridized carbons (Fsp3) is 0.100. The Labute approximate surface area is 168 Å². The van der Waals surface area contributed by atoms with Crippen molar-refractivity contribution < 1.29 is 16.8 Å². The minimum atomic E-state index is -3.27. The molecule has 0 spiro atoms. The predicted octanol–water partition coefficient (Wildman–Crippen LogP) is 2.87. The van der Waals surface area contributed by atoms with Crippen LogP contribution in [0.3, 0.4) is 0 Å². The van der Waals surface area contributed by atoms with Crippen LogP contribution in [0.1, 0.15) is 0 Å². The topological polar surface area (TPSA) is 98.5 Å². The second-order valence-electron chi connectivity index (χ2n) is 6.73. The van der Waals surface area contributed by atoms with Crippen molar-refractivity contribution in [3.8, 4) is 22.5 Å². The van der Waals surface area contributed by atoms with Gasteiger partial charge in [-0.05, 0) is 36.4 Å². The van der Waals surface area contributed by atoms with Gasteiger partial charge in [0.2, 0.25) is 0 Å². The molecule has 0 atom stereocenters. The summed E-state index contributed by atoms with van der Waals surface area (Å²) >= 11 is 0. The largest absolute Gasteiger partial charge is 0.235 e. The van der Waals surface area contributed by atoms with Gasteiger partial charge in [0.05, 0.1) is 27.4 Å². The molecule has 148 valence electrons. The third-order valence-corrected chi connectivity index (χ3v) is 6.78. The lowest BCUT2D eigenvalue weighted by atomic mass is 10.1. The van der Waals surface area contributed by atoms with E-state index >= 15 is 0 Å². The number of imidazole rings is 1. The van der Waals surface area contributed by atoms with Crippen LogP contribution in [0.15, 0.2) is 76.7 Å². The summed E-state index contributed by atoms with van der Waals surface area (Å²) in [7, 11) is -6.53. The summed E-state index contributed by atoms with van der Waals surface area (Å²) in [4.78, 5) is 4.84. The fourth-order valence-electron chi connectivity index (χ4n) is 2.97. The molecule has 0 aliphatic rings. The molecule has 0 bridgehead atoms. The molecule has 0 N–H and O–H groups in total. The first kappa shape index (κ1) is 19.3. The Morgan fingerprint density at radius 2 is 1.21 bits per heavy atom. The molecule has 2 aromatic heterocycles. The lowest BCUT2D eigenvalue weighted by molar-refractivity contribution is 0.600. The van der Waals surface area contributed by atoms with E-state index in [4.69, 9.17) is 0 Å². The van der Waals surface area contributed by atoms with E-state index in [1.807, 2.05) is 12.1 Å². The van der Waals surface area contributed by atoms with E-state index in [9.17, 15) is 16.8 Å². The second-order valence-corrected chi connectivity index (χ2v) is 10.8. The van der Waals surface area contributed by atoms with E-state index in [0.717, 1.165) is 16.8 Å². The first-order chi connectivity index (χ1) is 13.6. The Morgan fingerprint density at radius 3 is 1.72 bits per heavy atom. The molecule has 2 heterocycles. The van der Waals surface area contributed by atoms with Crippen molar-refractivity contribution >= 4 is 25.3 Å². The van der Waals surface area contributed by atoms with Gasteiger partial charge >= 0.3 is 0 Å². The summed E-state index contributed by atoms with van der Waals surface area (Å²) in [5, 5.41) is 4.63. The first-order valence-corrected chi connectivity index (χ1v) is 12.4. The van der Waals surface area contributed by atoms with Gasteiger partial charge in [-0.3, -0.25) is 0 Å². The predicted molar refractivity (Wildman–Crippen MR) is 110 cm³/mol. The van der Waals surface area contributed by atoms with E-state index in [2.05, 4.69) is 10.1 Å². The van der Waals surface area contributed by atoms with Crippen LogP contribution in [0.5, 0.6) is 0 Å². The standard InChI is InChI=1S/C20H17N3O4S2/c1-28(24,25)16-7-3-14(4-8-16)18-11-12-20-21-13-19(23(20)22-18)15-5-9-17(10-6-15)29(2,26)27/h3-13H,1-2H3. The SMILES string of the molecule is CS(=O)(=O)c1ccc(-c2ccc3ncc(-c4ccc(S(C)(=O)=O)cc4)n3n2)cc1. The van der Waals surface area contributed by atoms with E-state index in [1.54, 1.807) is 59.2 Å². The number of nitrogens with zero attached hydrogens (tertiary/aromatic N) is 3. The van der Waals surface area contributed by atoms with E-state index in [1.165, 1.54) is 12.5 Å². The smallest absolute Gasteiger partial charge is 0.175 e. The zero-order valence-electron chi connectivity index (χ0n) is 15.6. The highest BCUT2D eigenvalue weighted by Crippen LogP contribution is 2.25. The highest BCUT2D eigenvalue weighted by Gasteiger charge is 2.12. The Hall–Kier alpha value is -3.04. The molecule has 0 amide bonds. The number of rotatable bonds is 4. The second kappa shape index (κ2) is 6.78. The van der Waals surface area contributed by atoms with Crippen molar-refractivity contribution in [2.45, 2.75) is 9.79 Å². The van der Waals surface area contributed by atoms with Crippen molar-refractivity contribution in [2.75, 3.05) is 12.5 Å². The lowest BCUT2D eigenvalue weighted by Crippen LogP contribution is -1.99. The molecular weight excluding hydrogens is 410 g/mol. The van der Waals surface area contributed by atoms with Crippen LogP contribution in [0.4, 0.5) is 0 Å². The zero-order valence-corrected chi connectivity index (χ0v) is 17.3. The minimum absolute atomic E-state index is 0.245. The van der Waals surface area contributed by atoms with Crippen LogP contribution in [0.2, 0.25) is 0 Å². The molecule has 9 heteroatoms. The summed E-state index contributed by atoms with van der Waals surface area (Å²) < 4.78 is 48.3. The number of benzene rings is 2. The summed E-state index contributed by atoms with van der Waals surface area (Å²) in [5.74, 6) is 0. The minimum Gasteiger partial charge on any atom is -0.235 e. The molecule has 0 fully saturated rings. The van der Waals surface area contributed by atoms with Crippen molar-refractivity contribution in [2.24, 2.45) is 0 Å². The third kappa shape index (κ3) is 3.79. The Balaban J connectivity index is 1.77. The van der Waals surface area contributed by atoms with Crippen molar-refractivity contribution in [1.29, 1.82) is 0 Å². The van der Waals surface area contributed by atoms with E-state index in [0.29, 0.717) is 11.3 Å². The molecule has 0 aliphatic heterocycles. The van der Waals surface area contributed by atoms with Crippen LogP contribution in [0.25, 0.3) is 28.2 Å². The summed E-state index contributed by atoms with van der Waals surface area (Å²) in [6.45, 7) is 0. The van der Waals surface area contributed by atoms with Crippen molar-refractivity contribution in [3.05, 3.63) is 66.9 Å². The van der Waals surface area contributed by atoms with Gasteiger partial charge in [-0.2, -0.15) is 5.10 Å². The van der Waals surface area contributed by atoms with Crippen LogP contribution in [0, 0.1) is 0 Å². The average molecular weight is 428 g/mol. The zero-order chi connectivity index (χ0) is 20.8. The normalized spacial score (nSPS) is 12.3. The molecule has 0 saturated heterocycles. The Bertz CT molecular complexity index is 1420. The van der Waals surface area contributed by atoms with Crippen LogP contribution in [-0.2, 0) is 19.7 Å². The highest BCUT2D eigenvalue weighted by atomic mass is 32.2. The maximum Gasteiger partial charge on any atom is 0.175 e. The maximum absolute atomic E-state index is 11.7. The quantitative estimate of drug-likeness (QED) is 0.497. The molecule has 0 radical (unpaired) electrons. The molecule has 4 aromatic rings. The van der Waals surface area contributed by atoms with Gasteiger partial charge < -0.3 is 0 Å². The average Bonchev–Trinajstić information content (AvgIpc) is 3.10. The molecular formula is C20H17N3O4S2. The van der Waals surface area contributed by atoms with Crippen LogP contribution < -0.4 is 0 Å². The number of hydrogen-bond donors (Lipinski definition) is 0. The molecule has 2 aromatic carbocycles. The van der Waals surface area contributed by atoms with Crippen LogP contribution in [-0.4, -0.2) is 43.9 Å². The number of hydrogen-bond acceptors (Lipinski definition) is 6. The maximum atomic E-state index is 11.7. The molecule has 29 heavy (non-hydrogen) atoms. The molecule has 0 unspecified atom stereocenters. The molecule has 4 rings (SSSR count). The summed E-state index contributed by atoms with van der Waals surface area (Å²) in [6, 6.07) is 16.7. The first-order valence-electron chi connectivity index (χ1n) is 8.59. The van der Waals surface area contributed by atoms with Gasteiger partial charge in [0.25, 0.3) is 0 Å². The summed E-state index contributed by atoms with van der Waals surface area (Å²) in [5.41, 5.74) is 3.57. The van der Waals surface area contributed by atoms with E-state index in [-0.39, 0.29) is 9.79 Å². The van der Waals surface area contributed by atoms with Gasteiger partial charge in [0, 0.05) is 23.6 Å². The van der Waals surface area contributed by atoms with Gasteiger partial charge in [-0.1, -0.05) is 24.3 Å². The van der Waals surface area contributed by atoms with E-state index < -0.39 is 19.7 Å². The van der Waals surface area contributed by atoms with Crippen molar-refractivity contribution in [1.82, 2.24) is 14.6 Å². The van der Waals surface area contributed by atoms with Gasteiger partial charge in [-0.15, -0.1) is 0 Å². The third-order valence-electron chi connectivity index (χ3n) is 4.52. The van der Waals surface area contributed by atoms with Gasteiger partial charge in [0.15, 0.2) is 25.3 Å². The molecule has 0 saturated carbocycles. The van der Waals surface area contributed by atoms with Crippen LogP contribution >= 0.6 is 0 Å². The lowest BCUT2D eigenvalue weighted by Gasteiger charge is -2.06. The molecule has 7 nitrogen and oxygen atoms in total. The molecule has 0 aliphatic carbocycles. The van der Waals surface area contributed by atoms with Crippen molar-refractivity contribution in [3.63, 3.8) is 0 Å². The number of fused-ring (bicyclic) bond motifs is 1. The van der Waals surface area contributed by atoms with Gasteiger partial charge in [-0.25, -0.2) is 26.3 Å². The summed E-state index contributed by atoms with van der Waals surface area (Å²) in [6.07, 6.45) is 4.01. The van der Waals surface area contributed by atoms with Gasteiger partial charge in [0.1, 0.15) is 0 Å². The highest BCUT2D eigenvalue weighted by molar-refractivity contribution is 7.91. The number of sulfone groups is 2. The monoisotopic (exact) mass is 427 g/mol.